The van der Waals surface area contributed by atoms with Gasteiger partial charge in [-0.1, -0.05) is 6.07 Å². The molecule has 2 aromatic carbocycles. The van der Waals surface area contributed by atoms with E-state index < -0.39 is 5.37 Å². The molecule has 0 saturated carbocycles. The molecule has 0 aromatic heterocycles. The average Bonchev–Trinajstić information content (AvgIpc) is 2.79. The van der Waals surface area contributed by atoms with Crippen molar-refractivity contribution in [3.63, 3.8) is 0 Å². The summed E-state index contributed by atoms with van der Waals surface area (Å²) < 4.78 is 1.12. The Labute approximate surface area is 152 Å². The lowest BCUT2D eigenvalue weighted by Crippen LogP contribution is -2.34. The highest BCUT2D eigenvalue weighted by molar-refractivity contribution is 14.1. The molecular formula is C17H15IN2O2S. The van der Waals surface area contributed by atoms with Crippen LogP contribution < -0.4 is 10.2 Å². The van der Waals surface area contributed by atoms with Gasteiger partial charge in [-0.2, -0.15) is 0 Å². The van der Waals surface area contributed by atoms with Crippen molar-refractivity contribution < 1.29 is 9.59 Å². The van der Waals surface area contributed by atoms with E-state index in [-0.39, 0.29) is 11.1 Å². The number of carbonyl (C=O) groups excluding carboxylic acids is 2. The van der Waals surface area contributed by atoms with Crippen LogP contribution >= 0.6 is 34.4 Å². The second-order valence-corrected chi connectivity index (χ2v) is 7.66. The lowest BCUT2D eigenvalue weighted by Gasteiger charge is -2.16. The van der Waals surface area contributed by atoms with E-state index in [0.29, 0.717) is 5.69 Å². The van der Waals surface area contributed by atoms with Crippen LogP contribution in [0.4, 0.5) is 16.2 Å². The second-order valence-electron chi connectivity index (χ2n) is 5.36. The molecule has 0 aliphatic carbocycles. The molecule has 0 bridgehead atoms. The summed E-state index contributed by atoms with van der Waals surface area (Å²) in [5, 5.41) is 2.28. The number of hydrogen-bond acceptors (Lipinski definition) is 4. The third-order valence-corrected chi connectivity index (χ3v) is 5.40. The zero-order valence-electron chi connectivity index (χ0n) is 12.7. The van der Waals surface area contributed by atoms with E-state index in [2.05, 4.69) is 27.9 Å². The predicted octanol–water partition coefficient (Wildman–Crippen LogP) is 4.55. The number of benzene rings is 2. The molecule has 1 saturated heterocycles. The van der Waals surface area contributed by atoms with Crippen LogP contribution in [0.25, 0.3) is 0 Å². The van der Waals surface area contributed by atoms with Gasteiger partial charge < -0.3 is 5.32 Å². The van der Waals surface area contributed by atoms with E-state index in [1.165, 1.54) is 4.90 Å². The highest BCUT2D eigenvalue weighted by atomic mass is 127. The Morgan fingerprint density at radius 3 is 2.39 bits per heavy atom. The average molecular weight is 438 g/mol. The second kappa shape index (κ2) is 6.52. The standard InChI is InChI=1S/C17H15IN2O2S/c1-10-3-8-14(9-11(10)2)20-16(21)15(23-17(20)22)19-13-6-4-12(18)5-7-13/h3-9,15,19H,1-2H3. The Kier molecular flexibility index (Phi) is 4.63. The number of thioether (sulfide) groups is 1. The molecule has 2 aromatic rings. The van der Waals surface area contributed by atoms with Crippen molar-refractivity contribution in [2.45, 2.75) is 19.2 Å². The zero-order chi connectivity index (χ0) is 16.6. The molecule has 1 fully saturated rings. The van der Waals surface area contributed by atoms with Crippen molar-refractivity contribution in [1.82, 2.24) is 0 Å². The van der Waals surface area contributed by atoms with Gasteiger partial charge in [0.05, 0.1) is 5.69 Å². The van der Waals surface area contributed by atoms with Gasteiger partial charge in [0, 0.05) is 9.26 Å². The fraction of sp³-hybridized carbons (Fsp3) is 0.176. The molecule has 1 atom stereocenters. The molecular weight excluding hydrogens is 423 g/mol. The van der Waals surface area contributed by atoms with Gasteiger partial charge >= 0.3 is 0 Å². The van der Waals surface area contributed by atoms with Crippen LogP contribution in [0.3, 0.4) is 0 Å². The molecule has 1 unspecified atom stereocenters. The van der Waals surface area contributed by atoms with Crippen LogP contribution in [0.15, 0.2) is 42.5 Å². The minimum atomic E-state index is -0.593. The number of imide groups is 1. The summed E-state index contributed by atoms with van der Waals surface area (Å²) in [6.45, 7) is 3.97. The normalized spacial score (nSPS) is 17.7. The molecule has 1 heterocycles. The summed E-state index contributed by atoms with van der Waals surface area (Å²) >= 11 is 3.23. The number of nitrogens with zero attached hydrogens (tertiary/aromatic N) is 1. The Bertz CT molecular complexity index is 777. The van der Waals surface area contributed by atoms with Gasteiger partial charge in [-0.3, -0.25) is 9.59 Å². The zero-order valence-corrected chi connectivity index (χ0v) is 15.6. The maximum Gasteiger partial charge on any atom is 0.295 e. The summed E-state index contributed by atoms with van der Waals surface area (Å²) in [6, 6.07) is 13.3. The van der Waals surface area contributed by atoms with Crippen LogP contribution in [0.1, 0.15) is 11.1 Å². The summed E-state index contributed by atoms with van der Waals surface area (Å²) in [4.78, 5) is 26.1. The first-order valence-electron chi connectivity index (χ1n) is 7.09. The number of carbonyl (C=O) groups is 2. The highest BCUT2D eigenvalue weighted by Crippen LogP contribution is 2.33. The smallest absolute Gasteiger partial charge is 0.295 e. The van der Waals surface area contributed by atoms with E-state index in [1.807, 2.05) is 56.3 Å². The molecule has 118 valence electrons. The Balaban J connectivity index is 1.82. The van der Waals surface area contributed by atoms with Gasteiger partial charge in [-0.25, -0.2) is 4.90 Å². The van der Waals surface area contributed by atoms with Crippen LogP contribution in [0.5, 0.6) is 0 Å². The summed E-state index contributed by atoms with van der Waals surface area (Å²) in [5.41, 5.74) is 3.64. The quantitative estimate of drug-likeness (QED) is 0.715. The van der Waals surface area contributed by atoms with E-state index in [4.69, 9.17) is 0 Å². The Morgan fingerprint density at radius 2 is 1.74 bits per heavy atom. The van der Waals surface area contributed by atoms with Gasteiger partial charge in [0.2, 0.25) is 0 Å². The molecule has 6 heteroatoms. The summed E-state index contributed by atoms with van der Waals surface area (Å²) in [5.74, 6) is -0.234. The number of aryl methyl sites for hydroxylation is 2. The van der Waals surface area contributed by atoms with Crippen molar-refractivity contribution in [1.29, 1.82) is 0 Å². The van der Waals surface area contributed by atoms with Crippen molar-refractivity contribution in [2.24, 2.45) is 0 Å². The van der Waals surface area contributed by atoms with Crippen molar-refractivity contribution in [3.8, 4) is 0 Å². The minimum Gasteiger partial charge on any atom is -0.365 e. The van der Waals surface area contributed by atoms with Crippen molar-refractivity contribution >= 4 is 56.9 Å². The lowest BCUT2D eigenvalue weighted by atomic mass is 10.1. The number of hydrogen-bond donors (Lipinski definition) is 1. The molecule has 1 aliphatic heterocycles. The molecule has 23 heavy (non-hydrogen) atoms. The number of halogens is 1. The number of rotatable bonds is 3. The first-order valence-corrected chi connectivity index (χ1v) is 9.05. The van der Waals surface area contributed by atoms with E-state index in [9.17, 15) is 9.59 Å². The number of anilines is 2. The van der Waals surface area contributed by atoms with Crippen molar-refractivity contribution in [2.75, 3.05) is 10.2 Å². The molecule has 1 N–H and O–H groups in total. The summed E-state index contributed by atoms with van der Waals surface area (Å²) in [7, 11) is 0. The van der Waals surface area contributed by atoms with Gasteiger partial charge in [0.25, 0.3) is 11.1 Å². The van der Waals surface area contributed by atoms with Gasteiger partial charge in [0.1, 0.15) is 0 Å². The first-order chi connectivity index (χ1) is 11.0. The molecule has 3 rings (SSSR count). The van der Waals surface area contributed by atoms with E-state index >= 15 is 0 Å². The van der Waals surface area contributed by atoms with Gasteiger partial charge in [-0.05, 0) is 95.7 Å². The minimum absolute atomic E-state index is 0.234. The Morgan fingerprint density at radius 1 is 1.04 bits per heavy atom. The van der Waals surface area contributed by atoms with E-state index in [0.717, 1.165) is 32.1 Å². The van der Waals surface area contributed by atoms with Gasteiger partial charge in [0.15, 0.2) is 5.37 Å². The lowest BCUT2D eigenvalue weighted by molar-refractivity contribution is -0.116. The van der Waals surface area contributed by atoms with Crippen molar-refractivity contribution in [3.05, 3.63) is 57.2 Å². The SMILES string of the molecule is Cc1ccc(N2C(=O)SC(Nc3ccc(I)cc3)C2=O)cc1C. The maximum absolute atomic E-state index is 12.6. The van der Waals surface area contributed by atoms with Gasteiger partial charge in [-0.15, -0.1) is 0 Å². The third kappa shape index (κ3) is 3.37. The van der Waals surface area contributed by atoms with Crippen LogP contribution in [0.2, 0.25) is 0 Å². The third-order valence-electron chi connectivity index (χ3n) is 3.74. The largest absolute Gasteiger partial charge is 0.365 e. The number of nitrogens with one attached hydrogen (secondary N) is 1. The molecule has 0 radical (unpaired) electrons. The molecule has 0 spiro atoms. The predicted molar refractivity (Wildman–Crippen MR) is 103 cm³/mol. The monoisotopic (exact) mass is 438 g/mol. The number of amides is 2. The molecule has 4 nitrogen and oxygen atoms in total. The van der Waals surface area contributed by atoms with Crippen LogP contribution in [0, 0.1) is 17.4 Å². The fourth-order valence-electron chi connectivity index (χ4n) is 2.30. The molecule has 1 aliphatic rings. The van der Waals surface area contributed by atoms with Crippen LogP contribution in [-0.2, 0) is 4.79 Å². The maximum atomic E-state index is 12.6. The Hall–Kier alpha value is -1.54. The molecule has 2 amide bonds. The van der Waals surface area contributed by atoms with E-state index in [1.54, 1.807) is 0 Å². The summed E-state index contributed by atoms with van der Waals surface area (Å²) in [6.07, 6.45) is 0. The topological polar surface area (TPSA) is 49.4 Å². The highest BCUT2D eigenvalue weighted by Gasteiger charge is 2.40. The first kappa shape index (κ1) is 16.3. The van der Waals surface area contributed by atoms with Crippen LogP contribution in [-0.4, -0.2) is 16.5 Å². The fourth-order valence-corrected chi connectivity index (χ4v) is 3.56.